The Morgan fingerprint density at radius 1 is 1.29 bits per heavy atom. The molecule has 10 heteroatoms. The van der Waals surface area contributed by atoms with Gasteiger partial charge in [0.25, 0.3) is 0 Å². The molecule has 0 bridgehead atoms. The predicted molar refractivity (Wildman–Crippen MR) is 123 cm³/mol. The lowest BCUT2D eigenvalue weighted by atomic mass is 10.2. The van der Waals surface area contributed by atoms with Gasteiger partial charge in [-0.3, -0.25) is 4.79 Å². The van der Waals surface area contributed by atoms with Gasteiger partial charge in [0.15, 0.2) is 5.82 Å². The van der Waals surface area contributed by atoms with Gasteiger partial charge >= 0.3 is 0 Å². The number of aryl methyl sites for hydroxylation is 1. The molecule has 0 saturated carbocycles. The lowest BCUT2D eigenvalue weighted by Crippen LogP contribution is -2.17. The average molecular weight is 462 g/mol. The van der Waals surface area contributed by atoms with Crippen LogP contribution in [0.3, 0.4) is 0 Å². The van der Waals surface area contributed by atoms with Crippen LogP contribution in [-0.2, 0) is 4.79 Å². The zero-order chi connectivity index (χ0) is 22.5. The first kappa shape index (κ1) is 22.8. The number of ether oxygens (including phenoxy) is 2. The van der Waals surface area contributed by atoms with Crippen LogP contribution in [0.25, 0.3) is 11.4 Å². The van der Waals surface area contributed by atoms with Gasteiger partial charge in [0.05, 0.1) is 24.7 Å². The lowest BCUT2D eigenvalue weighted by molar-refractivity contribution is -0.113. The van der Waals surface area contributed by atoms with E-state index in [2.05, 4.69) is 15.5 Å². The minimum absolute atomic E-state index is 0.0543. The maximum atomic E-state index is 12.5. The highest BCUT2D eigenvalue weighted by Crippen LogP contribution is 2.31. The van der Waals surface area contributed by atoms with Crippen molar-refractivity contribution in [1.29, 1.82) is 0 Å². The summed E-state index contributed by atoms with van der Waals surface area (Å²) in [5.74, 6) is 7.72. The van der Waals surface area contributed by atoms with E-state index in [0.29, 0.717) is 27.4 Å². The molecule has 2 aromatic carbocycles. The van der Waals surface area contributed by atoms with Gasteiger partial charge in [-0.1, -0.05) is 35.5 Å². The number of carbonyl (C=O) groups is 1. The number of halogens is 1. The van der Waals surface area contributed by atoms with Crippen molar-refractivity contribution in [3.05, 3.63) is 47.0 Å². The minimum Gasteiger partial charge on any atom is -0.495 e. The topological polar surface area (TPSA) is 104 Å². The molecule has 0 atom stereocenters. The molecule has 0 aliphatic carbocycles. The van der Waals surface area contributed by atoms with Crippen LogP contribution in [0.5, 0.6) is 11.5 Å². The molecule has 0 spiro atoms. The number of carbonyl (C=O) groups excluding carboxylic acids is 1. The van der Waals surface area contributed by atoms with Gasteiger partial charge in [0.2, 0.25) is 11.1 Å². The molecule has 31 heavy (non-hydrogen) atoms. The number of nitrogens with zero attached hydrogens (tertiary/aromatic N) is 3. The number of anilines is 1. The first-order valence-corrected chi connectivity index (χ1v) is 10.9. The summed E-state index contributed by atoms with van der Waals surface area (Å²) >= 11 is 7.29. The van der Waals surface area contributed by atoms with Crippen molar-refractivity contribution in [1.82, 2.24) is 14.9 Å². The van der Waals surface area contributed by atoms with Crippen LogP contribution in [0, 0.1) is 6.92 Å². The van der Waals surface area contributed by atoms with Gasteiger partial charge in [0, 0.05) is 16.7 Å². The Hall–Kier alpha value is -2.91. The molecule has 0 unspecified atom stereocenters. The highest BCUT2D eigenvalue weighted by Gasteiger charge is 2.16. The van der Waals surface area contributed by atoms with Crippen LogP contribution >= 0.6 is 23.4 Å². The first-order chi connectivity index (χ1) is 14.8. The molecule has 3 rings (SSSR count). The molecule has 1 heterocycles. The predicted octanol–water partition coefficient (Wildman–Crippen LogP) is 4.15. The van der Waals surface area contributed by atoms with Gasteiger partial charge < -0.3 is 20.6 Å². The van der Waals surface area contributed by atoms with Crippen molar-refractivity contribution >= 4 is 35.0 Å². The van der Waals surface area contributed by atoms with Crippen LogP contribution < -0.4 is 20.6 Å². The summed E-state index contributed by atoms with van der Waals surface area (Å²) in [5, 5.41) is 12.1. The number of amides is 1. The van der Waals surface area contributed by atoms with Crippen molar-refractivity contribution in [3.8, 4) is 22.9 Å². The Morgan fingerprint density at radius 2 is 2.06 bits per heavy atom. The van der Waals surface area contributed by atoms with Gasteiger partial charge in [-0.25, -0.2) is 4.68 Å². The molecule has 164 valence electrons. The van der Waals surface area contributed by atoms with E-state index in [4.69, 9.17) is 26.9 Å². The van der Waals surface area contributed by atoms with Crippen molar-refractivity contribution in [3.63, 3.8) is 0 Å². The van der Waals surface area contributed by atoms with E-state index < -0.39 is 0 Å². The van der Waals surface area contributed by atoms with E-state index >= 15 is 0 Å². The normalized spacial score (nSPS) is 10.9. The maximum Gasteiger partial charge on any atom is 0.234 e. The van der Waals surface area contributed by atoms with Crippen LogP contribution in [0.15, 0.2) is 41.6 Å². The summed E-state index contributed by atoms with van der Waals surface area (Å²) in [4.78, 5) is 12.5. The summed E-state index contributed by atoms with van der Waals surface area (Å²) < 4.78 is 12.4. The van der Waals surface area contributed by atoms with Crippen LogP contribution in [0.1, 0.15) is 19.4 Å². The highest BCUT2D eigenvalue weighted by atomic mass is 35.5. The fraction of sp³-hybridized carbons (Fsp3) is 0.286. The molecule has 3 N–H and O–H groups in total. The van der Waals surface area contributed by atoms with Gasteiger partial charge in [-0.2, -0.15) is 0 Å². The quantitative estimate of drug-likeness (QED) is 0.383. The number of thioether (sulfide) groups is 1. The maximum absolute atomic E-state index is 12.5. The van der Waals surface area contributed by atoms with E-state index in [1.54, 1.807) is 12.1 Å². The molecule has 1 aromatic heterocycles. The van der Waals surface area contributed by atoms with Gasteiger partial charge in [-0.15, -0.1) is 10.2 Å². The molecule has 0 radical (unpaired) electrons. The van der Waals surface area contributed by atoms with Crippen LogP contribution in [0.2, 0.25) is 5.02 Å². The van der Waals surface area contributed by atoms with E-state index in [1.165, 1.54) is 23.5 Å². The highest BCUT2D eigenvalue weighted by molar-refractivity contribution is 7.99. The van der Waals surface area contributed by atoms with E-state index in [-0.39, 0.29) is 17.8 Å². The van der Waals surface area contributed by atoms with Crippen molar-refractivity contribution in [2.75, 3.05) is 24.0 Å². The van der Waals surface area contributed by atoms with Crippen molar-refractivity contribution in [2.45, 2.75) is 32.0 Å². The number of nitrogens with two attached hydrogens (primary N) is 1. The molecule has 0 aliphatic rings. The lowest BCUT2D eigenvalue weighted by Gasteiger charge is -2.12. The Bertz CT molecular complexity index is 1090. The van der Waals surface area contributed by atoms with E-state index in [9.17, 15) is 4.79 Å². The Labute approximate surface area is 190 Å². The number of nitrogens with one attached hydrogen (secondary N) is 1. The van der Waals surface area contributed by atoms with Crippen LogP contribution in [0.4, 0.5) is 5.69 Å². The number of rotatable bonds is 8. The summed E-state index contributed by atoms with van der Waals surface area (Å²) in [7, 11) is 1.52. The SMILES string of the molecule is COc1cc(Cl)c(C)cc1NC(=O)CSc1nnc(-c2cccc(OC(C)C)c2)n1N. The Morgan fingerprint density at radius 3 is 2.77 bits per heavy atom. The summed E-state index contributed by atoms with van der Waals surface area (Å²) in [6.07, 6.45) is 0.0543. The molecule has 3 aromatic rings. The standard InChI is InChI=1S/C21H24ClN5O3S/c1-12(2)30-15-7-5-6-14(9-15)20-25-26-21(27(20)23)31-11-19(28)24-17-8-13(3)16(22)10-18(17)29-4/h5-10,12H,11,23H2,1-4H3,(H,24,28). The zero-order valence-corrected chi connectivity index (χ0v) is 19.3. The van der Waals surface area contributed by atoms with Gasteiger partial charge in [0.1, 0.15) is 11.5 Å². The van der Waals surface area contributed by atoms with Crippen molar-refractivity contribution < 1.29 is 14.3 Å². The molecule has 1 amide bonds. The first-order valence-electron chi connectivity index (χ1n) is 9.53. The monoisotopic (exact) mass is 461 g/mol. The molecular formula is C21H24ClN5O3S. The summed E-state index contributed by atoms with van der Waals surface area (Å²) in [6, 6.07) is 10.9. The van der Waals surface area contributed by atoms with Crippen molar-refractivity contribution in [2.24, 2.45) is 0 Å². The van der Waals surface area contributed by atoms with Gasteiger partial charge in [-0.05, 0) is 44.5 Å². The summed E-state index contributed by atoms with van der Waals surface area (Å²) in [6.45, 7) is 5.77. The second-order valence-electron chi connectivity index (χ2n) is 7.01. The second kappa shape index (κ2) is 9.93. The number of aromatic nitrogens is 3. The third kappa shape index (κ3) is 5.62. The largest absolute Gasteiger partial charge is 0.495 e. The van der Waals surface area contributed by atoms with E-state index in [0.717, 1.165) is 16.9 Å². The number of benzene rings is 2. The second-order valence-corrected chi connectivity index (χ2v) is 8.36. The smallest absolute Gasteiger partial charge is 0.234 e. The third-order valence-corrected chi connectivity index (χ3v) is 5.57. The van der Waals surface area contributed by atoms with E-state index in [1.807, 2.05) is 45.0 Å². The van der Waals surface area contributed by atoms with Crippen LogP contribution in [-0.4, -0.2) is 39.7 Å². The molecule has 0 aliphatic heterocycles. The Kier molecular flexibility index (Phi) is 7.29. The number of hydrogen-bond acceptors (Lipinski definition) is 7. The molecule has 8 nitrogen and oxygen atoms in total. The summed E-state index contributed by atoms with van der Waals surface area (Å²) in [5.41, 5.74) is 2.15. The Balaban J connectivity index is 1.68. The third-order valence-electron chi connectivity index (χ3n) is 4.22. The number of hydrogen-bond donors (Lipinski definition) is 2. The zero-order valence-electron chi connectivity index (χ0n) is 17.7. The number of nitrogen functional groups attached to an aromatic ring is 1. The fourth-order valence-electron chi connectivity index (χ4n) is 2.80. The average Bonchev–Trinajstić information content (AvgIpc) is 3.09. The number of methoxy groups -OCH3 is 1. The molecule has 0 fully saturated rings. The fourth-order valence-corrected chi connectivity index (χ4v) is 3.61. The minimum atomic E-state index is -0.234. The molecule has 0 saturated heterocycles. The molecular weight excluding hydrogens is 438 g/mol.